The van der Waals surface area contributed by atoms with Crippen LogP contribution in [-0.4, -0.2) is 35.4 Å². The summed E-state index contributed by atoms with van der Waals surface area (Å²) >= 11 is 5.98. The van der Waals surface area contributed by atoms with Crippen molar-refractivity contribution in [1.29, 1.82) is 0 Å². The molecule has 0 bridgehead atoms. The standard InChI is InChI=1S/C17H21ClN4O2.ClH/c1-2-24-16-10-12(18)5-6-14(16)20-17(23)15-7-9-22(21-15)13-4-3-8-19-11-13;/h5-7,9-10,13,19H,2-4,8,11H2,1H3,(H,20,23);1H. The van der Waals surface area contributed by atoms with E-state index in [-0.39, 0.29) is 18.3 Å². The first-order chi connectivity index (χ1) is 11.7. The smallest absolute Gasteiger partial charge is 0.276 e. The molecule has 0 spiro atoms. The van der Waals surface area contributed by atoms with Crippen LogP contribution in [0, 0.1) is 0 Å². The summed E-state index contributed by atoms with van der Waals surface area (Å²) < 4.78 is 7.39. The highest BCUT2D eigenvalue weighted by molar-refractivity contribution is 6.30. The van der Waals surface area contributed by atoms with Crippen molar-refractivity contribution in [1.82, 2.24) is 15.1 Å². The van der Waals surface area contributed by atoms with Crippen LogP contribution in [0.3, 0.4) is 0 Å². The van der Waals surface area contributed by atoms with E-state index in [0.29, 0.717) is 34.8 Å². The molecule has 0 radical (unpaired) electrons. The number of hydrogen-bond donors (Lipinski definition) is 2. The number of hydrogen-bond acceptors (Lipinski definition) is 4. The first-order valence-corrected chi connectivity index (χ1v) is 8.54. The molecule has 6 nitrogen and oxygen atoms in total. The summed E-state index contributed by atoms with van der Waals surface area (Å²) in [6.45, 7) is 4.30. The number of benzene rings is 1. The maximum atomic E-state index is 12.5. The molecule has 0 aliphatic carbocycles. The Kier molecular flexibility index (Phi) is 7.11. The summed E-state index contributed by atoms with van der Waals surface area (Å²) in [4.78, 5) is 12.5. The second-order valence-corrected chi connectivity index (χ2v) is 6.15. The molecule has 1 aromatic heterocycles. The maximum Gasteiger partial charge on any atom is 0.276 e. The summed E-state index contributed by atoms with van der Waals surface area (Å²) in [6, 6.07) is 7.17. The zero-order valence-electron chi connectivity index (χ0n) is 14.0. The topological polar surface area (TPSA) is 68.2 Å². The van der Waals surface area contributed by atoms with Crippen LogP contribution in [-0.2, 0) is 0 Å². The van der Waals surface area contributed by atoms with Crippen LogP contribution in [0.2, 0.25) is 5.02 Å². The van der Waals surface area contributed by atoms with Crippen molar-refractivity contribution in [3.05, 3.63) is 41.2 Å². The van der Waals surface area contributed by atoms with Crippen LogP contribution >= 0.6 is 24.0 Å². The zero-order chi connectivity index (χ0) is 16.9. The molecular formula is C17H22Cl2N4O2. The van der Waals surface area contributed by atoms with Gasteiger partial charge in [-0.2, -0.15) is 5.10 Å². The molecular weight excluding hydrogens is 363 g/mol. The quantitative estimate of drug-likeness (QED) is 0.826. The van der Waals surface area contributed by atoms with Gasteiger partial charge >= 0.3 is 0 Å². The van der Waals surface area contributed by atoms with E-state index in [1.807, 2.05) is 17.8 Å². The average Bonchev–Trinajstić information content (AvgIpc) is 3.08. The molecule has 1 fully saturated rings. The van der Waals surface area contributed by atoms with Gasteiger partial charge in [-0.05, 0) is 44.5 Å². The largest absolute Gasteiger partial charge is 0.492 e. The van der Waals surface area contributed by atoms with Gasteiger partial charge in [0.1, 0.15) is 5.75 Å². The van der Waals surface area contributed by atoms with Gasteiger partial charge in [-0.25, -0.2) is 0 Å². The molecule has 1 aromatic carbocycles. The fourth-order valence-electron chi connectivity index (χ4n) is 2.78. The summed E-state index contributed by atoms with van der Waals surface area (Å²) in [5, 5.41) is 11.2. The molecule has 1 atom stereocenters. The Morgan fingerprint density at radius 3 is 3.04 bits per heavy atom. The third kappa shape index (κ3) is 4.87. The number of aromatic nitrogens is 2. The second kappa shape index (κ2) is 9.08. The highest BCUT2D eigenvalue weighted by Gasteiger charge is 2.18. The van der Waals surface area contributed by atoms with Crippen molar-refractivity contribution in [3.63, 3.8) is 0 Å². The molecule has 1 unspecified atom stereocenters. The molecule has 2 aromatic rings. The SMILES string of the molecule is CCOc1cc(Cl)ccc1NC(=O)c1ccn(C2CCCNC2)n1.Cl. The summed E-state index contributed by atoms with van der Waals surface area (Å²) in [5.41, 5.74) is 0.970. The van der Waals surface area contributed by atoms with Gasteiger partial charge in [0.05, 0.1) is 18.3 Å². The van der Waals surface area contributed by atoms with E-state index in [2.05, 4.69) is 15.7 Å². The number of nitrogens with one attached hydrogen (secondary N) is 2. The van der Waals surface area contributed by atoms with Crippen LogP contribution in [0.25, 0.3) is 0 Å². The molecule has 2 N–H and O–H groups in total. The number of rotatable bonds is 5. The van der Waals surface area contributed by atoms with E-state index in [1.54, 1.807) is 24.3 Å². The Labute approximate surface area is 158 Å². The predicted molar refractivity (Wildman–Crippen MR) is 101 cm³/mol. The molecule has 1 amide bonds. The molecule has 8 heteroatoms. The average molecular weight is 385 g/mol. The van der Waals surface area contributed by atoms with Crippen molar-refractivity contribution in [2.45, 2.75) is 25.8 Å². The molecule has 2 heterocycles. The fourth-order valence-corrected chi connectivity index (χ4v) is 2.94. The van der Waals surface area contributed by atoms with Crippen molar-refractivity contribution in [3.8, 4) is 5.75 Å². The molecule has 1 aliphatic heterocycles. The Hall–Kier alpha value is -1.76. The lowest BCUT2D eigenvalue weighted by Gasteiger charge is -2.22. The van der Waals surface area contributed by atoms with Crippen LogP contribution in [0.15, 0.2) is 30.5 Å². The van der Waals surface area contributed by atoms with Gasteiger partial charge in [0.15, 0.2) is 5.69 Å². The van der Waals surface area contributed by atoms with E-state index >= 15 is 0 Å². The zero-order valence-corrected chi connectivity index (χ0v) is 15.6. The molecule has 1 saturated heterocycles. The first-order valence-electron chi connectivity index (χ1n) is 8.17. The second-order valence-electron chi connectivity index (χ2n) is 5.71. The third-order valence-electron chi connectivity index (χ3n) is 3.98. The van der Waals surface area contributed by atoms with Crippen LogP contribution in [0.4, 0.5) is 5.69 Å². The van der Waals surface area contributed by atoms with E-state index in [0.717, 1.165) is 25.9 Å². The fraction of sp³-hybridized carbons (Fsp3) is 0.412. The predicted octanol–water partition coefficient (Wildman–Crippen LogP) is 3.53. The van der Waals surface area contributed by atoms with Gasteiger partial charge in [-0.1, -0.05) is 11.6 Å². The number of anilines is 1. The number of halogens is 2. The van der Waals surface area contributed by atoms with Crippen molar-refractivity contribution in [2.75, 3.05) is 25.0 Å². The Bertz CT molecular complexity index is 714. The lowest BCUT2D eigenvalue weighted by Crippen LogP contribution is -2.32. The van der Waals surface area contributed by atoms with Crippen molar-refractivity contribution >= 4 is 35.6 Å². The van der Waals surface area contributed by atoms with E-state index < -0.39 is 0 Å². The summed E-state index contributed by atoms with van der Waals surface area (Å²) in [5.74, 6) is 0.287. The summed E-state index contributed by atoms with van der Waals surface area (Å²) in [6.07, 6.45) is 4.05. The van der Waals surface area contributed by atoms with Crippen LogP contribution < -0.4 is 15.4 Å². The van der Waals surface area contributed by atoms with Crippen LogP contribution in [0.5, 0.6) is 5.75 Å². The van der Waals surface area contributed by atoms with Gasteiger partial charge in [0.25, 0.3) is 5.91 Å². The first kappa shape index (κ1) is 19.6. The molecule has 0 saturated carbocycles. The summed E-state index contributed by atoms with van der Waals surface area (Å²) in [7, 11) is 0. The number of carbonyl (C=O) groups is 1. The number of nitrogens with zero attached hydrogens (tertiary/aromatic N) is 2. The minimum Gasteiger partial charge on any atom is -0.492 e. The molecule has 1 aliphatic rings. The number of ether oxygens (including phenoxy) is 1. The lowest BCUT2D eigenvalue weighted by molar-refractivity contribution is 0.102. The monoisotopic (exact) mass is 384 g/mol. The molecule has 136 valence electrons. The van der Waals surface area contributed by atoms with Crippen LogP contribution in [0.1, 0.15) is 36.3 Å². The van der Waals surface area contributed by atoms with Gasteiger partial charge in [0.2, 0.25) is 0 Å². The van der Waals surface area contributed by atoms with E-state index in [4.69, 9.17) is 16.3 Å². The minimum absolute atomic E-state index is 0. The Morgan fingerprint density at radius 1 is 1.48 bits per heavy atom. The van der Waals surface area contributed by atoms with Gasteiger partial charge in [-0.15, -0.1) is 12.4 Å². The van der Waals surface area contributed by atoms with E-state index in [9.17, 15) is 4.79 Å². The number of carbonyl (C=O) groups excluding carboxylic acids is 1. The normalized spacial score (nSPS) is 16.8. The van der Waals surface area contributed by atoms with Gasteiger partial charge in [-0.3, -0.25) is 9.48 Å². The maximum absolute atomic E-state index is 12.5. The minimum atomic E-state index is -0.263. The lowest BCUT2D eigenvalue weighted by atomic mass is 10.1. The molecule has 3 rings (SSSR count). The van der Waals surface area contributed by atoms with Crippen molar-refractivity contribution in [2.24, 2.45) is 0 Å². The number of piperidine rings is 1. The van der Waals surface area contributed by atoms with E-state index in [1.165, 1.54) is 0 Å². The van der Waals surface area contributed by atoms with Gasteiger partial charge < -0.3 is 15.4 Å². The third-order valence-corrected chi connectivity index (χ3v) is 4.21. The van der Waals surface area contributed by atoms with Gasteiger partial charge in [0, 0.05) is 23.8 Å². The highest BCUT2D eigenvalue weighted by atomic mass is 35.5. The number of amides is 1. The highest BCUT2D eigenvalue weighted by Crippen LogP contribution is 2.28. The van der Waals surface area contributed by atoms with Crippen molar-refractivity contribution < 1.29 is 9.53 Å². The molecule has 25 heavy (non-hydrogen) atoms. The Balaban J connectivity index is 0.00000225. The Morgan fingerprint density at radius 2 is 2.32 bits per heavy atom.